The average Bonchev–Trinajstić information content (AvgIpc) is 3.46. The van der Waals surface area contributed by atoms with Gasteiger partial charge in [0.05, 0.1) is 16.9 Å². The van der Waals surface area contributed by atoms with Gasteiger partial charge in [0.15, 0.2) is 0 Å². The van der Waals surface area contributed by atoms with Crippen molar-refractivity contribution in [3.8, 4) is 0 Å². The van der Waals surface area contributed by atoms with Crippen molar-refractivity contribution in [2.24, 2.45) is 29.6 Å². The highest BCUT2D eigenvalue weighted by molar-refractivity contribution is 8.00. The monoisotopic (exact) mass is 456 g/mol. The number of hydrogen-bond donors (Lipinski definition) is 1. The van der Waals surface area contributed by atoms with E-state index in [2.05, 4.69) is 9.97 Å². The zero-order valence-corrected chi connectivity index (χ0v) is 17.9. The average molecular weight is 457 g/mol. The molecule has 2 aliphatic carbocycles. The van der Waals surface area contributed by atoms with Gasteiger partial charge in [-0.15, -0.1) is 11.8 Å². The van der Waals surface area contributed by atoms with Crippen LogP contribution in [-0.4, -0.2) is 44.4 Å². The topological polar surface area (TPSA) is 123 Å². The zero-order chi connectivity index (χ0) is 21.4. The van der Waals surface area contributed by atoms with Gasteiger partial charge in [-0.3, -0.25) is 24.3 Å². The van der Waals surface area contributed by atoms with Gasteiger partial charge in [-0.05, 0) is 35.8 Å². The van der Waals surface area contributed by atoms with E-state index in [9.17, 15) is 24.3 Å². The minimum absolute atomic E-state index is 0.0208. The number of carbonyl (C=O) groups is 3. The van der Waals surface area contributed by atoms with Gasteiger partial charge in [-0.1, -0.05) is 17.4 Å². The lowest BCUT2D eigenvalue weighted by Crippen LogP contribution is -2.42. The molecule has 1 N–H and O–H groups in total. The van der Waals surface area contributed by atoms with E-state index in [1.165, 1.54) is 11.3 Å². The van der Waals surface area contributed by atoms with Crippen LogP contribution in [0.15, 0.2) is 34.3 Å². The number of fused-ring (bicyclic) bond motifs is 9. The number of aromatic amines is 1. The summed E-state index contributed by atoms with van der Waals surface area (Å²) >= 11 is 2.84. The summed E-state index contributed by atoms with van der Waals surface area (Å²) in [6, 6.07) is 3.89. The van der Waals surface area contributed by atoms with Gasteiger partial charge in [0.2, 0.25) is 11.8 Å². The first-order chi connectivity index (χ1) is 15.0. The fourth-order valence-electron chi connectivity index (χ4n) is 6.44. The maximum absolute atomic E-state index is 13.2. The molecule has 2 aliphatic heterocycles. The largest absolute Gasteiger partial charge is 0.550 e. The third-order valence-electron chi connectivity index (χ3n) is 7.40. The summed E-state index contributed by atoms with van der Waals surface area (Å²) in [5.74, 6) is -2.43. The molecule has 0 spiro atoms. The van der Waals surface area contributed by atoms with Crippen LogP contribution in [-0.2, 0) is 14.4 Å². The van der Waals surface area contributed by atoms with Crippen molar-refractivity contribution in [2.75, 3.05) is 6.54 Å². The van der Waals surface area contributed by atoms with Crippen LogP contribution in [0.4, 0.5) is 0 Å². The van der Waals surface area contributed by atoms with E-state index in [1.807, 2.05) is 18.3 Å². The van der Waals surface area contributed by atoms with E-state index in [4.69, 9.17) is 0 Å². The van der Waals surface area contributed by atoms with Crippen LogP contribution in [0.1, 0.15) is 29.2 Å². The maximum atomic E-state index is 13.2. The van der Waals surface area contributed by atoms with Crippen LogP contribution < -0.4 is 9.98 Å². The van der Waals surface area contributed by atoms with E-state index in [1.54, 1.807) is 18.0 Å². The van der Waals surface area contributed by atoms with Crippen LogP contribution in [0.3, 0.4) is 0 Å². The van der Waals surface area contributed by atoms with Crippen LogP contribution in [0, 0.1) is 29.6 Å². The van der Waals surface area contributed by atoms with Gasteiger partial charge in [0.25, 0.3) is 0 Å². The molecule has 160 valence electrons. The molecule has 7 unspecified atom stereocenters. The van der Waals surface area contributed by atoms with E-state index in [0.29, 0.717) is 0 Å². The summed E-state index contributed by atoms with van der Waals surface area (Å²) in [6.07, 6.45) is 4.00. The van der Waals surface area contributed by atoms with Crippen LogP contribution in [0.2, 0.25) is 0 Å². The maximum Gasteiger partial charge on any atom is 0.305 e. The molecular formula is C21H18N3O5S2-. The minimum atomic E-state index is -1.27. The number of carboxylic acids is 1. The number of likely N-dealkylation sites (tertiary alicyclic amines) is 1. The number of carbonyl (C=O) groups excluding carboxylic acids is 3. The molecule has 4 aliphatic rings. The van der Waals surface area contributed by atoms with Crippen LogP contribution >= 0.6 is 23.1 Å². The summed E-state index contributed by atoms with van der Waals surface area (Å²) in [5, 5.41) is 11.9. The molecule has 2 amide bonds. The lowest BCUT2D eigenvalue weighted by atomic mass is 9.68. The molecule has 8 nitrogen and oxygen atoms in total. The Labute approximate surface area is 185 Å². The number of nitrogens with zero attached hydrogens (tertiary/aromatic N) is 2. The van der Waals surface area contributed by atoms with Gasteiger partial charge in [-0.2, -0.15) is 0 Å². The quantitative estimate of drug-likeness (QED) is 0.663. The first-order valence-electron chi connectivity index (χ1n) is 10.3. The fourth-order valence-corrected chi connectivity index (χ4v) is 9.32. The van der Waals surface area contributed by atoms with Gasteiger partial charge < -0.3 is 14.9 Å². The molecule has 7 atom stereocenters. The van der Waals surface area contributed by atoms with Crippen LogP contribution in [0.5, 0.6) is 0 Å². The predicted octanol–water partition coefficient (Wildman–Crippen LogP) is 0.445. The standard InChI is InChI=1S/C21H19N3O5S2/c25-11(26)3-5-24-19(27)14-9-6-10(15(14)20(24)28)16-13(9)12(8-2-1-4-22-7-8)17-18(30-16)23-21(29)31-17/h1-2,4,7,9-10,12-16H,3,5-6H2,(H,23,29)(H,25,26)/p-1. The van der Waals surface area contributed by atoms with E-state index < -0.39 is 17.8 Å². The normalized spacial score (nSPS) is 35.2. The van der Waals surface area contributed by atoms with Crippen LogP contribution in [0.25, 0.3) is 0 Å². The SMILES string of the molecule is O=C([O-])CCN1C(=O)C2C3CC(C2C1=O)C1C(c2cccnc2)c2sc(=O)[nH]c2SC31. The van der Waals surface area contributed by atoms with E-state index in [-0.39, 0.29) is 58.6 Å². The molecular weight excluding hydrogens is 438 g/mol. The van der Waals surface area contributed by atoms with Crippen molar-refractivity contribution in [1.29, 1.82) is 0 Å². The Kier molecular flexibility index (Phi) is 4.20. The molecule has 2 aromatic rings. The highest BCUT2D eigenvalue weighted by Gasteiger charge is 2.69. The molecule has 2 bridgehead atoms. The molecule has 4 heterocycles. The van der Waals surface area contributed by atoms with Crippen molar-refractivity contribution in [1.82, 2.24) is 14.9 Å². The highest BCUT2D eigenvalue weighted by Crippen LogP contribution is 2.68. The van der Waals surface area contributed by atoms with Gasteiger partial charge in [-0.25, -0.2) is 0 Å². The summed E-state index contributed by atoms with van der Waals surface area (Å²) in [6.45, 7) is -0.123. The molecule has 6 rings (SSSR count). The number of thiazole rings is 1. The Morgan fingerprint density at radius 1 is 1.23 bits per heavy atom. The second kappa shape index (κ2) is 6.77. The zero-order valence-electron chi connectivity index (χ0n) is 16.2. The predicted molar refractivity (Wildman–Crippen MR) is 109 cm³/mol. The summed E-state index contributed by atoms with van der Waals surface area (Å²) in [7, 11) is 0. The number of aromatic nitrogens is 2. The number of carboxylic acid groups (broad SMARTS) is 1. The lowest BCUT2D eigenvalue weighted by Gasteiger charge is -2.42. The molecule has 31 heavy (non-hydrogen) atoms. The Morgan fingerprint density at radius 2 is 2.00 bits per heavy atom. The minimum Gasteiger partial charge on any atom is -0.550 e. The number of imide groups is 1. The summed E-state index contributed by atoms with van der Waals surface area (Å²) in [4.78, 5) is 58.6. The fraction of sp³-hybridized carbons (Fsp3) is 0.476. The number of aliphatic carboxylic acids is 1. The summed E-state index contributed by atoms with van der Waals surface area (Å²) < 4.78 is 0. The number of hydrogen-bond acceptors (Lipinski definition) is 8. The second-order valence-corrected chi connectivity index (χ2v) is 10.9. The third-order valence-corrected chi connectivity index (χ3v) is 9.99. The summed E-state index contributed by atoms with van der Waals surface area (Å²) in [5.41, 5.74) is 1.02. The third kappa shape index (κ3) is 2.64. The molecule has 10 heteroatoms. The first-order valence-corrected chi connectivity index (χ1v) is 12.0. The van der Waals surface area contributed by atoms with E-state index in [0.717, 1.165) is 26.8 Å². The van der Waals surface area contributed by atoms with Gasteiger partial charge >= 0.3 is 4.87 Å². The molecule has 0 radical (unpaired) electrons. The van der Waals surface area contributed by atoms with Gasteiger partial charge in [0, 0.05) is 47.4 Å². The lowest BCUT2D eigenvalue weighted by molar-refractivity contribution is -0.305. The molecule has 2 saturated carbocycles. The van der Waals surface area contributed by atoms with Crippen molar-refractivity contribution in [2.45, 2.75) is 29.0 Å². The Bertz CT molecular complexity index is 1160. The van der Waals surface area contributed by atoms with Crippen molar-refractivity contribution < 1.29 is 19.5 Å². The number of H-pyrrole nitrogens is 1. The van der Waals surface area contributed by atoms with Gasteiger partial charge in [0.1, 0.15) is 0 Å². The molecule has 3 fully saturated rings. The van der Waals surface area contributed by atoms with Crippen molar-refractivity contribution in [3.63, 3.8) is 0 Å². The first kappa shape index (κ1) is 19.2. The molecule has 0 aromatic carbocycles. The smallest absolute Gasteiger partial charge is 0.305 e. The molecule has 1 saturated heterocycles. The molecule has 2 aromatic heterocycles. The number of amides is 2. The highest BCUT2D eigenvalue weighted by atomic mass is 32.2. The number of rotatable bonds is 4. The van der Waals surface area contributed by atoms with E-state index >= 15 is 0 Å². The number of nitrogens with one attached hydrogen (secondary N) is 1. The Hall–Kier alpha value is -2.46. The Morgan fingerprint density at radius 3 is 2.71 bits per heavy atom. The number of pyridine rings is 1. The Balaban J connectivity index is 1.41. The van der Waals surface area contributed by atoms with Crippen molar-refractivity contribution in [3.05, 3.63) is 44.6 Å². The second-order valence-electron chi connectivity index (χ2n) is 8.70. The number of thioether (sulfide) groups is 1. The van der Waals surface area contributed by atoms with Crippen molar-refractivity contribution >= 4 is 40.9 Å².